The van der Waals surface area contributed by atoms with Gasteiger partial charge in [0.2, 0.25) is 5.82 Å². The van der Waals surface area contributed by atoms with E-state index in [1.165, 1.54) is 0 Å². The van der Waals surface area contributed by atoms with Crippen LogP contribution in [0.15, 0.2) is 54.6 Å². The Bertz CT molecular complexity index is 1280. The fourth-order valence-corrected chi connectivity index (χ4v) is 4.96. The molecule has 2 amide bonds. The lowest BCUT2D eigenvalue weighted by atomic mass is 9.73. The van der Waals surface area contributed by atoms with Crippen LogP contribution in [-0.4, -0.2) is 56.1 Å². The van der Waals surface area contributed by atoms with Gasteiger partial charge in [0.05, 0.1) is 0 Å². The van der Waals surface area contributed by atoms with Gasteiger partial charge in [0.25, 0.3) is 5.91 Å². The first-order valence-electron chi connectivity index (χ1n) is 13.5. The molecule has 11 nitrogen and oxygen atoms in total. The number of nitrogens with two attached hydrogens (primary N) is 1. The number of aromatic amines is 1. The van der Waals surface area contributed by atoms with Gasteiger partial charge < -0.3 is 21.1 Å². The summed E-state index contributed by atoms with van der Waals surface area (Å²) >= 11 is 0. The summed E-state index contributed by atoms with van der Waals surface area (Å²) in [6.07, 6.45) is 2.32. The summed E-state index contributed by atoms with van der Waals surface area (Å²) in [6.45, 7) is 5.94. The van der Waals surface area contributed by atoms with E-state index >= 15 is 0 Å². The van der Waals surface area contributed by atoms with Crippen molar-refractivity contribution in [1.82, 2.24) is 25.9 Å². The molecule has 0 bridgehead atoms. The number of amides is 2. The highest BCUT2D eigenvalue weighted by Crippen LogP contribution is 2.33. The second-order valence-electron chi connectivity index (χ2n) is 11.4. The van der Waals surface area contributed by atoms with Gasteiger partial charge in [-0.3, -0.25) is 9.59 Å². The minimum atomic E-state index is -1.75. The molecule has 1 atom stereocenters. The summed E-state index contributed by atoms with van der Waals surface area (Å²) in [6, 6.07) is 16.2. The van der Waals surface area contributed by atoms with Crippen LogP contribution in [0.5, 0.6) is 0 Å². The number of ether oxygens (including phenoxy) is 1. The van der Waals surface area contributed by atoms with Crippen LogP contribution in [0.1, 0.15) is 52.0 Å². The Morgan fingerprint density at radius 1 is 1.00 bits per heavy atom. The van der Waals surface area contributed by atoms with Crippen LogP contribution in [-0.2, 0) is 20.7 Å². The average Bonchev–Trinajstić information content (AvgIpc) is 3.47. The number of rotatable bonds is 9. The molecule has 0 saturated heterocycles. The molecule has 2 aromatic carbocycles. The number of Topliss-reactive ketones (excluding diaryl/α,β-unsaturated/α-hetero) is 1. The summed E-state index contributed by atoms with van der Waals surface area (Å²) in [7, 11) is 0. The van der Waals surface area contributed by atoms with Crippen molar-refractivity contribution in [2.75, 3.05) is 11.9 Å². The second kappa shape index (κ2) is 12.4. The summed E-state index contributed by atoms with van der Waals surface area (Å²) in [4.78, 5) is 39.6. The molecular weight excluding hydrogens is 510 g/mol. The average molecular weight is 548 g/mol. The second-order valence-corrected chi connectivity index (χ2v) is 11.4. The van der Waals surface area contributed by atoms with Crippen LogP contribution in [0.2, 0.25) is 0 Å². The molecule has 212 valence electrons. The Hall–Kier alpha value is -4.12. The fourth-order valence-electron chi connectivity index (χ4n) is 4.96. The number of aromatic nitrogens is 4. The number of hydrogen-bond acceptors (Lipinski definition) is 8. The number of carbonyl (C=O) groups is 3. The topological polar surface area (TPSA) is 165 Å². The zero-order valence-electron chi connectivity index (χ0n) is 23.1. The van der Waals surface area contributed by atoms with Gasteiger partial charge in [-0.05, 0) is 87.4 Å². The largest absolute Gasteiger partial charge is 0.444 e. The minimum Gasteiger partial charge on any atom is -0.444 e. The quantitative estimate of drug-likeness (QED) is 0.295. The maximum absolute atomic E-state index is 13.9. The van der Waals surface area contributed by atoms with Gasteiger partial charge in [-0.1, -0.05) is 30.3 Å². The maximum atomic E-state index is 13.9. The molecule has 0 radical (unpaired) electrons. The van der Waals surface area contributed by atoms with E-state index in [1.54, 1.807) is 24.3 Å². The van der Waals surface area contributed by atoms with Gasteiger partial charge in [0.1, 0.15) is 5.60 Å². The van der Waals surface area contributed by atoms with Gasteiger partial charge in [-0.25, -0.2) is 4.79 Å². The molecule has 11 heteroatoms. The number of alkyl carbamates (subject to hydrolysis) is 1. The lowest BCUT2D eigenvalue weighted by Gasteiger charge is -2.34. The van der Waals surface area contributed by atoms with Gasteiger partial charge in [0, 0.05) is 30.1 Å². The predicted octanol–water partition coefficient (Wildman–Crippen LogP) is 3.65. The lowest BCUT2D eigenvalue weighted by molar-refractivity contribution is -0.136. The Labute approximate surface area is 233 Å². The molecule has 1 aromatic heterocycles. The lowest BCUT2D eigenvalue weighted by Crippen LogP contribution is -2.61. The molecule has 0 aliphatic heterocycles. The molecule has 40 heavy (non-hydrogen) atoms. The Morgan fingerprint density at radius 3 is 2.27 bits per heavy atom. The number of hydrogen-bond donors (Lipinski definition) is 4. The van der Waals surface area contributed by atoms with Crippen LogP contribution in [0.4, 0.5) is 10.5 Å². The number of H-pyrrole nitrogens is 1. The molecule has 1 aliphatic carbocycles. The Balaban J connectivity index is 1.42. The first kappa shape index (κ1) is 28.9. The van der Waals surface area contributed by atoms with Gasteiger partial charge >= 0.3 is 6.09 Å². The number of benzene rings is 2. The van der Waals surface area contributed by atoms with Crippen LogP contribution in [0, 0.1) is 11.8 Å². The molecule has 0 spiro atoms. The smallest absolute Gasteiger partial charge is 0.407 e. The molecule has 0 unspecified atom stereocenters. The first-order chi connectivity index (χ1) is 19.0. The van der Waals surface area contributed by atoms with Crippen molar-refractivity contribution in [2.45, 2.75) is 64.0 Å². The maximum Gasteiger partial charge on any atom is 0.407 e. The number of nitrogens with one attached hydrogen (secondary N) is 3. The van der Waals surface area contributed by atoms with E-state index in [4.69, 9.17) is 10.5 Å². The number of ketones is 1. The van der Waals surface area contributed by atoms with Crippen LogP contribution < -0.4 is 16.4 Å². The van der Waals surface area contributed by atoms with Crippen molar-refractivity contribution in [1.29, 1.82) is 0 Å². The normalized spacial score (nSPS) is 18.8. The molecule has 1 heterocycles. The molecule has 5 N–H and O–H groups in total. The number of anilines is 1. The zero-order valence-corrected chi connectivity index (χ0v) is 23.1. The van der Waals surface area contributed by atoms with Crippen molar-refractivity contribution in [3.05, 3.63) is 60.2 Å². The highest BCUT2D eigenvalue weighted by atomic mass is 16.6. The number of tetrazole rings is 1. The zero-order chi connectivity index (χ0) is 28.8. The van der Waals surface area contributed by atoms with E-state index in [0.717, 1.165) is 24.0 Å². The molecule has 3 aromatic rings. The van der Waals surface area contributed by atoms with Crippen molar-refractivity contribution >= 4 is 23.5 Å². The van der Waals surface area contributed by atoms with E-state index in [0.29, 0.717) is 30.9 Å². The van der Waals surface area contributed by atoms with Crippen molar-refractivity contribution in [2.24, 2.45) is 17.6 Å². The predicted molar refractivity (Wildman–Crippen MR) is 150 cm³/mol. The van der Waals surface area contributed by atoms with Gasteiger partial charge in [0.15, 0.2) is 11.3 Å². The van der Waals surface area contributed by atoms with Crippen LogP contribution in [0.3, 0.4) is 0 Å². The minimum absolute atomic E-state index is 0.0829. The summed E-state index contributed by atoms with van der Waals surface area (Å²) in [5, 5.41) is 19.5. The monoisotopic (exact) mass is 547 g/mol. The molecule has 1 saturated carbocycles. The van der Waals surface area contributed by atoms with Gasteiger partial charge in [-0.15, -0.1) is 10.2 Å². The van der Waals surface area contributed by atoms with Crippen molar-refractivity contribution in [3.63, 3.8) is 0 Å². The Morgan fingerprint density at radius 2 is 1.68 bits per heavy atom. The van der Waals surface area contributed by atoms with Crippen LogP contribution in [0.25, 0.3) is 11.4 Å². The Kier molecular flexibility index (Phi) is 8.93. The molecule has 1 aliphatic rings. The third-order valence-corrected chi connectivity index (χ3v) is 7.07. The fraction of sp³-hybridized carbons (Fsp3) is 0.448. The molecular formula is C29H37N7O4. The third kappa shape index (κ3) is 7.50. The van der Waals surface area contributed by atoms with Crippen molar-refractivity contribution in [3.8, 4) is 11.4 Å². The summed E-state index contributed by atoms with van der Waals surface area (Å²) in [5.41, 5.74) is 6.45. The summed E-state index contributed by atoms with van der Waals surface area (Å²) in [5.74, 6) is -0.511. The number of carbonyl (C=O) groups excluding carboxylic acids is 3. The van der Waals surface area contributed by atoms with E-state index in [1.807, 2.05) is 51.1 Å². The number of nitrogens with zero attached hydrogens (tertiary/aromatic N) is 3. The molecule has 1 fully saturated rings. The third-order valence-electron chi connectivity index (χ3n) is 7.07. The van der Waals surface area contributed by atoms with E-state index in [-0.39, 0.29) is 24.0 Å². The van der Waals surface area contributed by atoms with E-state index < -0.39 is 23.1 Å². The van der Waals surface area contributed by atoms with Gasteiger partial charge in [-0.2, -0.15) is 5.21 Å². The van der Waals surface area contributed by atoms with Crippen molar-refractivity contribution < 1.29 is 19.1 Å². The SMILES string of the molecule is CC(C)(C)OC(=O)NC[C@H]1CC[C@H](C(=O)[C@](N)(Cc2ccccc2)C(=O)Nc2ccc(-c3nn[nH]n3)cc2)CC1. The first-order valence-corrected chi connectivity index (χ1v) is 13.5. The standard InChI is InChI=1S/C29H37N7O4/c1-28(2,3)40-27(39)31-18-20-9-11-21(12-10-20)24(37)29(30,17-19-7-5-4-6-8-19)26(38)32-23-15-13-22(14-16-23)25-33-35-36-34-25/h4-8,13-16,20-21H,9-12,17-18,30H2,1-3H3,(H,31,39)(H,32,38)(H,33,34,35,36)/t20-,21-,29-/m1/s1. The highest BCUT2D eigenvalue weighted by molar-refractivity contribution is 6.16. The van der Waals surface area contributed by atoms with Crippen LogP contribution >= 0.6 is 0 Å². The van der Waals surface area contributed by atoms with E-state index in [2.05, 4.69) is 31.3 Å². The summed E-state index contributed by atoms with van der Waals surface area (Å²) < 4.78 is 5.31. The highest BCUT2D eigenvalue weighted by Gasteiger charge is 2.45. The molecule has 4 rings (SSSR count). The van der Waals surface area contributed by atoms with E-state index in [9.17, 15) is 14.4 Å².